The molecular formula is C12H25N3. The summed E-state index contributed by atoms with van der Waals surface area (Å²) < 4.78 is 0. The molecule has 0 amide bonds. The molecule has 15 heavy (non-hydrogen) atoms. The van der Waals surface area contributed by atoms with E-state index in [9.17, 15) is 0 Å². The summed E-state index contributed by atoms with van der Waals surface area (Å²) in [5.74, 6) is 0.523. The second kappa shape index (κ2) is 4.97. The SMILES string of the molecule is CCC1(CC)CCN(CC(C)C(=N)N)C1. The van der Waals surface area contributed by atoms with E-state index in [4.69, 9.17) is 11.1 Å². The molecule has 0 bridgehead atoms. The predicted octanol–water partition coefficient (Wildman–Crippen LogP) is 2.07. The molecule has 1 heterocycles. The molecule has 0 spiro atoms. The van der Waals surface area contributed by atoms with Crippen LogP contribution in [0.15, 0.2) is 0 Å². The molecule has 88 valence electrons. The van der Waals surface area contributed by atoms with Crippen LogP contribution in [0.1, 0.15) is 40.0 Å². The second-order valence-corrected chi connectivity index (χ2v) is 5.05. The standard InChI is InChI=1S/C12H25N3/c1-4-12(5-2)6-7-15(9-12)8-10(3)11(13)14/h10H,4-9H2,1-3H3,(H3,13,14). The van der Waals surface area contributed by atoms with E-state index in [0.717, 1.165) is 6.54 Å². The number of likely N-dealkylation sites (tertiary alicyclic amines) is 1. The lowest BCUT2D eigenvalue weighted by Gasteiger charge is -2.27. The fourth-order valence-corrected chi connectivity index (χ4v) is 2.50. The van der Waals surface area contributed by atoms with Gasteiger partial charge >= 0.3 is 0 Å². The van der Waals surface area contributed by atoms with Crippen molar-refractivity contribution in [1.82, 2.24) is 4.90 Å². The molecular weight excluding hydrogens is 186 g/mol. The van der Waals surface area contributed by atoms with Crippen LogP contribution < -0.4 is 5.73 Å². The van der Waals surface area contributed by atoms with Crippen molar-refractivity contribution in [2.24, 2.45) is 17.1 Å². The summed E-state index contributed by atoms with van der Waals surface area (Å²) in [5, 5.41) is 7.40. The zero-order chi connectivity index (χ0) is 11.5. The lowest BCUT2D eigenvalue weighted by molar-refractivity contribution is 0.233. The van der Waals surface area contributed by atoms with Gasteiger partial charge in [0, 0.05) is 19.0 Å². The third kappa shape index (κ3) is 2.94. The average molecular weight is 211 g/mol. The van der Waals surface area contributed by atoms with E-state index >= 15 is 0 Å². The average Bonchev–Trinajstić information content (AvgIpc) is 2.62. The van der Waals surface area contributed by atoms with Crippen LogP contribution in [0.3, 0.4) is 0 Å². The van der Waals surface area contributed by atoms with Gasteiger partial charge in [-0.15, -0.1) is 0 Å². The van der Waals surface area contributed by atoms with Gasteiger partial charge in [0.25, 0.3) is 0 Å². The molecule has 3 nitrogen and oxygen atoms in total. The third-order valence-corrected chi connectivity index (χ3v) is 4.08. The van der Waals surface area contributed by atoms with Crippen molar-refractivity contribution < 1.29 is 0 Å². The molecule has 0 aromatic heterocycles. The van der Waals surface area contributed by atoms with E-state index < -0.39 is 0 Å². The molecule has 1 unspecified atom stereocenters. The first-order valence-electron chi connectivity index (χ1n) is 6.09. The zero-order valence-corrected chi connectivity index (χ0v) is 10.3. The smallest absolute Gasteiger partial charge is 0.0947 e. The van der Waals surface area contributed by atoms with Gasteiger partial charge in [0.1, 0.15) is 0 Å². The van der Waals surface area contributed by atoms with Gasteiger partial charge in [-0.2, -0.15) is 0 Å². The van der Waals surface area contributed by atoms with Crippen LogP contribution >= 0.6 is 0 Å². The van der Waals surface area contributed by atoms with Crippen molar-refractivity contribution in [3.8, 4) is 0 Å². The van der Waals surface area contributed by atoms with Crippen molar-refractivity contribution in [3.05, 3.63) is 0 Å². The lowest BCUT2D eigenvalue weighted by Crippen LogP contribution is -2.34. The highest BCUT2D eigenvalue weighted by Gasteiger charge is 2.35. The number of amidine groups is 1. The summed E-state index contributed by atoms with van der Waals surface area (Å²) >= 11 is 0. The Balaban J connectivity index is 2.45. The maximum Gasteiger partial charge on any atom is 0.0947 e. The molecule has 0 aromatic carbocycles. The minimum Gasteiger partial charge on any atom is -0.387 e. The van der Waals surface area contributed by atoms with E-state index in [2.05, 4.69) is 18.7 Å². The van der Waals surface area contributed by atoms with Crippen LogP contribution in [0.25, 0.3) is 0 Å². The van der Waals surface area contributed by atoms with E-state index in [0.29, 0.717) is 11.3 Å². The van der Waals surface area contributed by atoms with Crippen molar-refractivity contribution in [2.75, 3.05) is 19.6 Å². The second-order valence-electron chi connectivity index (χ2n) is 5.05. The number of nitrogens with two attached hydrogens (primary N) is 1. The maximum atomic E-state index is 7.40. The van der Waals surface area contributed by atoms with E-state index in [1.165, 1.54) is 32.4 Å². The molecule has 0 aliphatic carbocycles. The van der Waals surface area contributed by atoms with Gasteiger partial charge in [0.2, 0.25) is 0 Å². The Hall–Kier alpha value is -0.570. The summed E-state index contributed by atoms with van der Waals surface area (Å²) in [6, 6.07) is 0. The van der Waals surface area contributed by atoms with Gasteiger partial charge in [-0.25, -0.2) is 0 Å². The van der Waals surface area contributed by atoms with Crippen molar-refractivity contribution in [3.63, 3.8) is 0 Å². The number of hydrogen-bond acceptors (Lipinski definition) is 2. The maximum absolute atomic E-state index is 7.40. The molecule has 3 heteroatoms. The van der Waals surface area contributed by atoms with Gasteiger partial charge in [-0.3, -0.25) is 5.41 Å². The highest BCUT2D eigenvalue weighted by atomic mass is 15.2. The van der Waals surface area contributed by atoms with E-state index in [-0.39, 0.29) is 5.92 Å². The Morgan fingerprint density at radius 3 is 2.47 bits per heavy atom. The van der Waals surface area contributed by atoms with Crippen LogP contribution in [-0.4, -0.2) is 30.4 Å². The third-order valence-electron chi connectivity index (χ3n) is 4.08. The quantitative estimate of drug-likeness (QED) is 0.540. The molecule has 1 atom stereocenters. The summed E-state index contributed by atoms with van der Waals surface area (Å²) in [5.41, 5.74) is 6.04. The minimum atomic E-state index is 0.203. The van der Waals surface area contributed by atoms with Gasteiger partial charge in [0.15, 0.2) is 0 Å². The molecule has 0 aromatic rings. The lowest BCUT2D eigenvalue weighted by atomic mass is 9.82. The summed E-state index contributed by atoms with van der Waals surface area (Å²) in [6.07, 6.45) is 3.85. The zero-order valence-electron chi connectivity index (χ0n) is 10.3. The van der Waals surface area contributed by atoms with Gasteiger partial charge in [-0.05, 0) is 31.2 Å². The minimum absolute atomic E-state index is 0.203. The summed E-state index contributed by atoms with van der Waals surface area (Å²) in [4.78, 5) is 2.47. The highest BCUT2D eigenvalue weighted by molar-refractivity contribution is 5.79. The first-order valence-corrected chi connectivity index (χ1v) is 6.09. The van der Waals surface area contributed by atoms with Crippen LogP contribution in [0.2, 0.25) is 0 Å². The first kappa shape index (κ1) is 12.5. The monoisotopic (exact) mass is 211 g/mol. The predicted molar refractivity (Wildman–Crippen MR) is 65.2 cm³/mol. The number of rotatable bonds is 5. The molecule has 1 aliphatic rings. The Labute approximate surface area is 93.5 Å². The fraction of sp³-hybridized carbons (Fsp3) is 0.917. The van der Waals surface area contributed by atoms with Gasteiger partial charge in [0.05, 0.1) is 5.84 Å². The first-order chi connectivity index (χ1) is 7.03. The Morgan fingerprint density at radius 2 is 2.07 bits per heavy atom. The molecule has 1 saturated heterocycles. The molecule has 1 aliphatic heterocycles. The van der Waals surface area contributed by atoms with Gasteiger partial charge < -0.3 is 10.6 Å². The van der Waals surface area contributed by atoms with Gasteiger partial charge in [-0.1, -0.05) is 20.8 Å². The van der Waals surface area contributed by atoms with Crippen molar-refractivity contribution in [2.45, 2.75) is 40.0 Å². The molecule has 0 saturated carbocycles. The van der Waals surface area contributed by atoms with Crippen molar-refractivity contribution >= 4 is 5.84 Å². The largest absolute Gasteiger partial charge is 0.387 e. The van der Waals surface area contributed by atoms with Crippen LogP contribution in [0.4, 0.5) is 0 Å². The molecule has 1 rings (SSSR count). The van der Waals surface area contributed by atoms with Crippen LogP contribution in [0, 0.1) is 16.7 Å². The fourth-order valence-electron chi connectivity index (χ4n) is 2.50. The van der Waals surface area contributed by atoms with Crippen LogP contribution in [0.5, 0.6) is 0 Å². The molecule has 3 N–H and O–H groups in total. The Bertz CT molecular complexity index is 221. The van der Waals surface area contributed by atoms with E-state index in [1.807, 2.05) is 6.92 Å². The normalized spacial score (nSPS) is 22.9. The van der Waals surface area contributed by atoms with Crippen LogP contribution in [-0.2, 0) is 0 Å². The summed E-state index contributed by atoms with van der Waals surface area (Å²) in [6.45, 7) is 9.96. The highest BCUT2D eigenvalue weighted by Crippen LogP contribution is 2.37. The topological polar surface area (TPSA) is 53.1 Å². The molecule has 1 fully saturated rings. The van der Waals surface area contributed by atoms with Crippen molar-refractivity contribution in [1.29, 1.82) is 5.41 Å². The summed E-state index contributed by atoms with van der Waals surface area (Å²) in [7, 11) is 0. The number of nitrogens with zero attached hydrogens (tertiary/aromatic N) is 1. The molecule has 0 radical (unpaired) electrons. The Kier molecular flexibility index (Phi) is 4.14. The van der Waals surface area contributed by atoms with E-state index in [1.54, 1.807) is 0 Å². The Morgan fingerprint density at radius 1 is 1.47 bits per heavy atom. The number of hydrogen-bond donors (Lipinski definition) is 2. The number of nitrogens with one attached hydrogen (secondary N) is 1.